The van der Waals surface area contributed by atoms with E-state index in [4.69, 9.17) is 9.47 Å². The van der Waals surface area contributed by atoms with Crippen LogP contribution in [0.5, 0.6) is 11.6 Å². The summed E-state index contributed by atoms with van der Waals surface area (Å²) in [4.78, 5) is 17.0. The van der Waals surface area contributed by atoms with Crippen LogP contribution in [0.15, 0.2) is 71.8 Å². The van der Waals surface area contributed by atoms with E-state index in [-0.39, 0.29) is 23.5 Å². The Morgan fingerprint density at radius 2 is 1.74 bits per heavy atom. The molecule has 4 rings (SSSR count). The van der Waals surface area contributed by atoms with Gasteiger partial charge < -0.3 is 14.8 Å². The van der Waals surface area contributed by atoms with Crippen LogP contribution >= 0.6 is 0 Å². The van der Waals surface area contributed by atoms with Crippen molar-refractivity contribution in [3.05, 3.63) is 78.0 Å². The van der Waals surface area contributed by atoms with E-state index in [0.29, 0.717) is 22.9 Å². The second kappa shape index (κ2) is 10.6. The second-order valence-electron chi connectivity index (χ2n) is 8.03. The molecule has 8 nitrogen and oxygen atoms in total. The maximum Gasteiger partial charge on any atom is 0.261 e. The highest BCUT2D eigenvalue weighted by molar-refractivity contribution is 7.92. The minimum atomic E-state index is -3.80. The Morgan fingerprint density at radius 3 is 2.41 bits per heavy atom. The van der Waals surface area contributed by atoms with Crippen LogP contribution in [0.2, 0.25) is 0 Å². The first-order chi connectivity index (χ1) is 16.4. The van der Waals surface area contributed by atoms with Crippen LogP contribution in [-0.2, 0) is 16.6 Å². The largest absolute Gasteiger partial charge is 0.497 e. The van der Waals surface area contributed by atoms with E-state index in [0.717, 1.165) is 31.2 Å². The summed E-state index contributed by atoms with van der Waals surface area (Å²) in [5.74, 6) is 0.852. The van der Waals surface area contributed by atoms with Crippen molar-refractivity contribution >= 4 is 21.6 Å². The molecular formula is C25H27N3O5S. The highest BCUT2D eigenvalue weighted by atomic mass is 32.2. The van der Waals surface area contributed by atoms with Crippen LogP contribution in [0, 0.1) is 0 Å². The molecule has 0 radical (unpaired) electrons. The minimum Gasteiger partial charge on any atom is -0.497 e. The van der Waals surface area contributed by atoms with Gasteiger partial charge in [-0.3, -0.25) is 9.52 Å². The molecular weight excluding hydrogens is 454 g/mol. The molecule has 0 atom stereocenters. The Hall–Kier alpha value is -3.59. The zero-order valence-corrected chi connectivity index (χ0v) is 19.7. The van der Waals surface area contributed by atoms with Crippen molar-refractivity contribution in [3.63, 3.8) is 0 Å². The van der Waals surface area contributed by atoms with Crippen molar-refractivity contribution in [1.29, 1.82) is 0 Å². The molecule has 34 heavy (non-hydrogen) atoms. The number of carbonyl (C=O) groups is 1. The molecule has 3 aromatic rings. The second-order valence-corrected chi connectivity index (χ2v) is 9.72. The molecule has 1 amide bonds. The van der Waals surface area contributed by atoms with Gasteiger partial charge in [0.25, 0.3) is 15.9 Å². The van der Waals surface area contributed by atoms with Crippen molar-refractivity contribution in [3.8, 4) is 11.6 Å². The zero-order chi connectivity index (χ0) is 24.0. The van der Waals surface area contributed by atoms with Gasteiger partial charge >= 0.3 is 0 Å². The number of amides is 1. The number of sulfonamides is 1. The maximum absolute atomic E-state index is 12.7. The standard InChI is InChI=1S/C25H27N3O5S/c1-32-21-12-10-20(11-13-21)28-34(30,31)23-14-8-18(9-15-23)24(29)27-17-19-5-4-16-26-25(19)33-22-6-2-3-7-22/h4-5,8-16,22,28H,2-3,6-7,17H2,1H3,(H,27,29). The quantitative estimate of drug-likeness (QED) is 0.476. The fraction of sp³-hybridized carbons (Fsp3) is 0.280. The monoisotopic (exact) mass is 481 g/mol. The van der Waals surface area contributed by atoms with E-state index in [2.05, 4.69) is 15.0 Å². The summed E-state index contributed by atoms with van der Waals surface area (Å²) in [5, 5.41) is 2.85. The molecule has 1 heterocycles. The molecule has 0 bridgehead atoms. The van der Waals surface area contributed by atoms with Crippen molar-refractivity contribution in [2.24, 2.45) is 0 Å². The van der Waals surface area contributed by atoms with Crippen molar-refractivity contribution in [2.75, 3.05) is 11.8 Å². The molecule has 0 unspecified atom stereocenters. The number of nitrogens with zero attached hydrogens (tertiary/aromatic N) is 1. The predicted molar refractivity (Wildman–Crippen MR) is 129 cm³/mol. The number of hydrogen-bond donors (Lipinski definition) is 2. The zero-order valence-electron chi connectivity index (χ0n) is 18.9. The first kappa shape index (κ1) is 23.6. The Balaban J connectivity index is 1.37. The first-order valence-corrected chi connectivity index (χ1v) is 12.6. The Morgan fingerprint density at radius 1 is 1.03 bits per heavy atom. The Bertz CT molecular complexity index is 1220. The van der Waals surface area contributed by atoms with Crippen LogP contribution in [0.25, 0.3) is 0 Å². The van der Waals surface area contributed by atoms with Gasteiger partial charge in [-0.05, 0) is 80.3 Å². The number of rotatable bonds is 9. The van der Waals surface area contributed by atoms with Gasteiger partial charge in [-0.1, -0.05) is 6.07 Å². The summed E-state index contributed by atoms with van der Waals surface area (Å²) in [7, 11) is -2.26. The molecule has 1 fully saturated rings. The third-order valence-corrected chi connectivity index (χ3v) is 7.04. The summed E-state index contributed by atoms with van der Waals surface area (Å²) < 4.78 is 38.9. The summed E-state index contributed by atoms with van der Waals surface area (Å²) in [6.07, 6.45) is 6.20. The molecule has 9 heteroatoms. The molecule has 2 aromatic carbocycles. The van der Waals surface area contributed by atoms with E-state index < -0.39 is 10.0 Å². The summed E-state index contributed by atoms with van der Waals surface area (Å²) in [6.45, 7) is 0.258. The fourth-order valence-electron chi connectivity index (χ4n) is 3.77. The van der Waals surface area contributed by atoms with Crippen LogP contribution < -0.4 is 19.5 Å². The third kappa shape index (κ3) is 5.85. The summed E-state index contributed by atoms with van der Waals surface area (Å²) in [6, 6.07) is 16.0. The lowest BCUT2D eigenvalue weighted by Gasteiger charge is -2.15. The number of ether oxygens (including phenoxy) is 2. The first-order valence-electron chi connectivity index (χ1n) is 11.1. The average Bonchev–Trinajstić information content (AvgIpc) is 3.37. The highest BCUT2D eigenvalue weighted by Gasteiger charge is 2.19. The van der Waals surface area contributed by atoms with Gasteiger partial charge in [0.15, 0.2) is 0 Å². The van der Waals surface area contributed by atoms with Crippen molar-refractivity contribution in [1.82, 2.24) is 10.3 Å². The van der Waals surface area contributed by atoms with Crippen molar-refractivity contribution in [2.45, 2.75) is 43.2 Å². The Kier molecular flexibility index (Phi) is 7.32. The number of anilines is 1. The smallest absolute Gasteiger partial charge is 0.261 e. The van der Waals surface area contributed by atoms with E-state index in [1.807, 2.05) is 6.07 Å². The summed E-state index contributed by atoms with van der Waals surface area (Å²) >= 11 is 0. The molecule has 1 aliphatic rings. The summed E-state index contributed by atoms with van der Waals surface area (Å²) in [5.41, 5.74) is 1.56. The van der Waals surface area contributed by atoms with Gasteiger partial charge in [0.2, 0.25) is 5.88 Å². The van der Waals surface area contributed by atoms with E-state index in [1.165, 1.54) is 31.4 Å². The molecule has 0 saturated heterocycles. The number of methoxy groups -OCH3 is 1. The van der Waals surface area contributed by atoms with Crippen LogP contribution in [0.4, 0.5) is 5.69 Å². The number of hydrogen-bond acceptors (Lipinski definition) is 6. The fourth-order valence-corrected chi connectivity index (χ4v) is 4.82. The number of benzene rings is 2. The molecule has 178 valence electrons. The van der Waals surface area contributed by atoms with E-state index in [9.17, 15) is 13.2 Å². The van der Waals surface area contributed by atoms with Gasteiger partial charge in [0, 0.05) is 29.6 Å². The minimum absolute atomic E-state index is 0.0550. The lowest BCUT2D eigenvalue weighted by molar-refractivity contribution is 0.0950. The van der Waals surface area contributed by atoms with Gasteiger partial charge in [0.05, 0.1) is 12.0 Å². The number of aromatic nitrogens is 1. The molecule has 1 aromatic heterocycles. The van der Waals surface area contributed by atoms with Gasteiger partial charge in [-0.15, -0.1) is 0 Å². The van der Waals surface area contributed by atoms with Gasteiger partial charge in [-0.25, -0.2) is 13.4 Å². The molecule has 1 saturated carbocycles. The number of carbonyl (C=O) groups excluding carboxylic acids is 1. The predicted octanol–water partition coefficient (Wildman–Crippen LogP) is 4.14. The molecule has 2 N–H and O–H groups in total. The number of nitrogens with one attached hydrogen (secondary N) is 2. The maximum atomic E-state index is 12.7. The average molecular weight is 482 g/mol. The lowest BCUT2D eigenvalue weighted by atomic mass is 10.2. The molecule has 0 aliphatic heterocycles. The van der Waals surface area contributed by atoms with Gasteiger partial charge in [-0.2, -0.15) is 0 Å². The topological polar surface area (TPSA) is 107 Å². The highest BCUT2D eigenvalue weighted by Crippen LogP contribution is 2.25. The lowest BCUT2D eigenvalue weighted by Crippen LogP contribution is -2.24. The molecule has 0 spiro atoms. The van der Waals surface area contributed by atoms with Crippen LogP contribution in [0.1, 0.15) is 41.6 Å². The molecule has 1 aliphatic carbocycles. The third-order valence-electron chi connectivity index (χ3n) is 5.64. The number of pyridine rings is 1. The normalized spacial score (nSPS) is 13.9. The van der Waals surface area contributed by atoms with Gasteiger partial charge in [0.1, 0.15) is 11.9 Å². The SMILES string of the molecule is COc1ccc(NS(=O)(=O)c2ccc(C(=O)NCc3cccnc3OC3CCCC3)cc2)cc1. The van der Waals surface area contributed by atoms with E-state index in [1.54, 1.807) is 36.5 Å². The van der Waals surface area contributed by atoms with Crippen LogP contribution in [0.3, 0.4) is 0 Å². The Labute approximate surface area is 199 Å². The van der Waals surface area contributed by atoms with Crippen molar-refractivity contribution < 1.29 is 22.7 Å². The van der Waals surface area contributed by atoms with Crippen LogP contribution in [-0.4, -0.2) is 32.5 Å². The van der Waals surface area contributed by atoms with E-state index >= 15 is 0 Å².